The number of hydrogen-bond acceptors (Lipinski definition) is 12. The Morgan fingerprint density at radius 1 is 0.769 bits per heavy atom. The Bertz CT molecular complexity index is 577. The maximum Gasteiger partial charge on any atom is 0.421 e. The lowest BCUT2D eigenvalue weighted by atomic mass is 10.2. The molecule has 0 saturated carbocycles. The number of hydrogen-bond donors (Lipinski definition) is 3. The molecule has 1 amide bonds. The lowest BCUT2D eigenvalue weighted by Gasteiger charge is -2.10. The molecule has 2 atom stereocenters. The quantitative estimate of drug-likeness (QED) is 0.212. The van der Waals surface area contributed by atoms with Crippen LogP contribution in [0.4, 0.5) is 0 Å². The minimum atomic E-state index is -1.40. The van der Waals surface area contributed by atoms with Crippen LogP contribution in [0.25, 0.3) is 0 Å². The van der Waals surface area contributed by atoms with Gasteiger partial charge in [-0.05, 0) is 12.8 Å². The van der Waals surface area contributed by atoms with E-state index in [2.05, 4.69) is 19.6 Å². The molecule has 0 radical (unpaired) electrons. The molecule has 1 unspecified atom stereocenters. The fourth-order valence-electron chi connectivity index (χ4n) is 1.20. The van der Waals surface area contributed by atoms with E-state index in [1.165, 1.54) is 0 Å². The molecular formula is C13H19N3O10. The summed E-state index contributed by atoms with van der Waals surface area (Å²) in [7, 11) is 0. The van der Waals surface area contributed by atoms with Crippen LogP contribution in [0, 0.1) is 0 Å². The lowest BCUT2D eigenvalue weighted by Crippen LogP contribution is -2.35. The number of amides is 1. The van der Waals surface area contributed by atoms with Gasteiger partial charge in [-0.2, -0.15) is 0 Å². The summed E-state index contributed by atoms with van der Waals surface area (Å²) in [6.45, 7) is 0.896. The molecule has 6 N–H and O–H groups in total. The number of carbonyl (C=O) groups excluding carboxylic acids is 6. The van der Waals surface area contributed by atoms with Crippen LogP contribution in [-0.2, 0) is 48.3 Å². The van der Waals surface area contributed by atoms with Crippen molar-refractivity contribution in [2.75, 3.05) is 0 Å². The lowest BCUT2D eigenvalue weighted by molar-refractivity contribution is -0.261. The summed E-state index contributed by atoms with van der Waals surface area (Å²) >= 11 is 0. The first kappa shape index (κ1) is 22.9. The first-order valence-electron chi connectivity index (χ1n) is 7.18. The molecule has 0 aliphatic rings. The molecule has 0 aromatic heterocycles. The molecule has 0 aromatic rings. The van der Waals surface area contributed by atoms with E-state index in [-0.39, 0.29) is 19.3 Å². The van der Waals surface area contributed by atoms with E-state index in [0.29, 0.717) is 0 Å². The summed E-state index contributed by atoms with van der Waals surface area (Å²) in [4.78, 5) is 82.2. The fraction of sp³-hybridized carbons (Fsp3) is 0.538. The zero-order valence-electron chi connectivity index (χ0n) is 13.8. The highest BCUT2D eigenvalue weighted by atomic mass is 17.2. The Balaban J connectivity index is 4.08. The summed E-state index contributed by atoms with van der Waals surface area (Å²) in [5.41, 5.74) is 15.6. The van der Waals surface area contributed by atoms with Crippen LogP contribution in [0.15, 0.2) is 0 Å². The van der Waals surface area contributed by atoms with Crippen molar-refractivity contribution in [3.63, 3.8) is 0 Å². The number of carbonyl (C=O) groups is 6. The Morgan fingerprint density at radius 3 is 1.69 bits per heavy atom. The first-order valence-corrected chi connectivity index (χ1v) is 7.18. The highest BCUT2D eigenvalue weighted by Crippen LogP contribution is 2.02. The van der Waals surface area contributed by atoms with Crippen molar-refractivity contribution in [3.05, 3.63) is 0 Å². The van der Waals surface area contributed by atoms with Gasteiger partial charge in [0.25, 0.3) is 0 Å². The SMILES string of the molecule is CC(=O)C(=O)OOC(=O)[C@H](N)CCC(=O)OOC(=O)C(N)CCC(N)=O. The van der Waals surface area contributed by atoms with E-state index in [4.69, 9.17) is 17.2 Å². The molecule has 0 bridgehead atoms. The standard InChI is InChI=1S/C13H19N3O10/c1-6(17)11(20)24-26-13(22)8(15)3-5-10(19)23-25-12(21)7(14)2-4-9(16)18/h7-8H,2-5,14-15H2,1H3,(H2,16,18)/t7?,8-/m1/s1. The maximum atomic E-state index is 11.4. The average molecular weight is 377 g/mol. The van der Waals surface area contributed by atoms with E-state index in [9.17, 15) is 28.8 Å². The molecule has 26 heavy (non-hydrogen) atoms. The molecule has 0 rings (SSSR count). The smallest absolute Gasteiger partial charge is 0.370 e. The second-order valence-corrected chi connectivity index (χ2v) is 4.94. The number of ketones is 1. The van der Waals surface area contributed by atoms with Crippen molar-refractivity contribution in [1.29, 1.82) is 0 Å². The van der Waals surface area contributed by atoms with Gasteiger partial charge in [-0.25, -0.2) is 38.7 Å². The zero-order valence-corrected chi connectivity index (χ0v) is 13.8. The van der Waals surface area contributed by atoms with Crippen molar-refractivity contribution >= 4 is 35.6 Å². The minimum absolute atomic E-state index is 0.0958. The van der Waals surface area contributed by atoms with Crippen LogP contribution in [0.5, 0.6) is 0 Å². The van der Waals surface area contributed by atoms with Gasteiger partial charge in [0.15, 0.2) is 0 Å². The molecule has 0 aliphatic carbocycles. The zero-order chi connectivity index (χ0) is 20.3. The predicted molar refractivity (Wildman–Crippen MR) is 78.7 cm³/mol. The second kappa shape index (κ2) is 11.5. The van der Waals surface area contributed by atoms with Gasteiger partial charge < -0.3 is 17.2 Å². The second-order valence-electron chi connectivity index (χ2n) is 4.94. The third kappa shape index (κ3) is 9.94. The summed E-state index contributed by atoms with van der Waals surface area (Å²) in [5, 5.41) is 0. The van der Waals surface area contributed by atoms with Crippen molar-refractivity contribution in [3.8, 4) is 0 Å². The highest BCUT2D eigenvalue weighted by Gasteiger charge is 2.23. The van der Waals surface area contributed by atoms with Crippen LogP contribution in [-0.4, -0.2) is 47.7 Å². The van der Waals surface area contributed by atoms with E-state index >= 15 is 0 Å². The predicted octanol–water partition coefficient (Wildman–Crippen LogP) is -2.72. The summed E-state index contributed by atoms with van der Waals surface area (Å²) in [6.07, 6.45) is -1.02. The van der Waals surface area contributed by atoms with Crippen LogP contribution in [0.1, 0.15) is 32.6 Å². The van der Waals surface area contributed by atoms with Gasteiger partial charge >= 0.3 is 23.9 Å². The van der Waals surface area contributed by atoms with Crippen molar-refractivity contribution < 1.29 is 48.3 Å². The highest BCUT2D eigenvalue weighted by molar-refractivity contribution is 6.32. The molecule has 13 heteroatoms. The maximum absolute atomic E-state index is 11.4. The topological polar surface area (TPSA) is 217 Å². The number of primary amides is 1. The number of rotatable bonds is 9. The summed E-state index contributed by atoms with van der Waals surface area (Å²) in [5.74, 6) is -6.42. The minimum Gasteiger partial charge on any atom is -0.370 e. The summed E-state index contributed by atoms with van der Waals surface area (Å²) in [6, 6.07) is -2.60. The van der Waals surface area contributed by atoms with Crippen LogP contribution < -0.4 is 17.2 Å². The molecular weight excluding hydrogens is 358 g/mol. The number of Topliss-reactive ketones (excluding diaryl/α,β-unsaturated/α-hetero) is 1. The van der Waals surface area contributed by atoms with Gasteiger partial charge in [0.05, 0.1) is 6.42 Å². The third-order valence-electron chi connectivity index (χ3n) is 2.67. The normalized spacial score (nSPS) is 12.3. The number of nitrogens with two attached hydrogens (primary N) is 3. The Kier molecular flexibility index (Phi) is 10.1. The van der Waals surface area contributed by atoms with E-state index in [0.717, 1.165) is 6.92 Å². The van der Waals surface area contributed by atoms with E-state index in [1.807, 2.05) is 0 Å². The van der Waals surface area contributed by atoms with Crippen LogP contribution >= 0.6 is 0 Å². The van der Waals surface area contributed by atoms with Crippen molar-refractivity contribution in [1.82, 2.24) is 0 Å². The monoisotopic (exact) mass is 377 g/mol. The van der Waals surface area contributed by atoms with Gasteiger partial charge in [0.1, 0.15) is 12.1 Å². The molecule has 0 saturated heterocycles. The van der Waals surface area contributed by atoms with Gasteiger partial charge in [-0.3, -0.25) is 9.59 Å². The van der Waals surface area contributed by atoms with Crippen molar-refractivity contribution in [2.24, 2.45) is 17.2 Å². The van der Waals surface area contributed by atoms with Crippen LogP contribution in [0.2, 0.25) is 0 Å². The molecule has 0 heterocycles. The molecule has 0 aromatic carbocycles. The van der Waals surface area contributed by atoms with Gasteiger partial charge in [0, 0.05) is 13.3 Å². The molecule has 146 valence electrons. The van der Waals surface area contributed by atoms with E-state index < -0.39 is 54.1 Å². The molecule has 0 aliphatic heterocycles. The Morgan fingerprint density at radius 2 is 1.23 bits per heavy atom. The largest absolute Gasteiger partial charge is 0.421 e. The Hall–Kier alpha value is -3.06. The average Bonchev–Trinajstić information content (AvgIpc) is 2.59. The Labute approximate surface area is 146 Å². The third-order valence-corrected chi connectivity index (χ3v) is 2.67. The molecule has 0 fully saturated rings. The molecule has 0 spiro atoms. The van der Waals surface area contributed by atoms with Gasteiger partial charge in [-0.1, -0.05) is 0 Å². The van der Waals surface area contributed by atoms with Gasteiger partial charge in [0.2, 0.25) is 11.7 Å². The van der Waals surface area contributed by atoms with Crippen molar-refractivity contribution in [2.45, 2.75) is 44.7 Å². The fourth-order valence-corrected chi connectivity index (χ4v) is 1.20. The van der Waals surface area contributed by atoms with E-state index in [1.54, 1.807) is 0 Å². The molecule has 13 nitrogen and oxygen atoms in total. The summed E-state index contributed by atoms with van der Waals surface area (Å²) < 4.78 is 0. The van der Waals surface area contributed by atoms with Crippen LogP contribution in [0.3, 0.4) is 0 Å². The van der Waals surface area contributed by atoms with Gasteiger partial charge in [-0.15, -0.1) is 0 Å². The first-order chi connectivity index (χ1) is 12.0.